The van der Waals surface area contributed by atoms with E-state index in [-0.39, 0.29) is 6.04 Å². The van der Waals surface area contributed by atoms with Crippen LogP contribution < -0.4 is 5.32 Å². The van der Waals surface area contributed by atoms with Crippen LogP contribution >= 0.6 is 27.5 Å². The van der Waals surface area contributed by atoms with Crippen LogP contribution in [0, 0.1) is 0 Å². The summed E-state index contributed by atoms with van der Waals surface area (Å²) in [6.07, 6.45) is 1.85. The standard InChI is InChI=1S/C17H19BrClNO/c1-2-16(15-11-13(18)5-8-17(15)21)20-10-9-12-3-6-14(19)7-4-12/h3-8,11,16,20-21H,2,9-10H2,1H3. The quantitative estimate of drug-likeness (QED) is 0.744. The first-order chi connectivity index (χ1) is 10.1. The molecule has 0 saturated carbocycles. The highest BCUT2D eigenvalue weighted by atomic mass is 79.9. The van der Waals surface area contributed by atoms with Gasteiger partial charge in [-0.05, 0) is 55.3 Å². The molecule has 0 heterocycles. The Bertz CT molecular complexity index is 586. The molecule has 2 aromatic carbocycles. The van der Waals surface area contributed by atoms with Crippen LogP contribution in [0.4, 0.5) is 0 Å². The van der Waals surface area contributed by atoms with Crippen molar-refractivity contribution >= 4 is 27.5 Å². The molecule has 1 atom stereocenters. The van der Waals surface area contributed by atoms with Gasteiger partial charge < -0.3 is 10.4 Å². The maximum atomic E-state index is 10.0. The molecule has 1 unspecified atom stereocenters. The van der Waals surface area contributed by atoms with Crippen LogP contribution in [-0.4, -0.2) is 11.7 Å². The molecule has 2 rings (SSSR count). The van der Waals surface area contributed by atoms with E-state index < -0.39 is 0 Å². The Morgan fingerprint density at radius 1 is 1.19 bits per heavy atom. The van der Waals surface area contributed by atoms with Crippen molar-refractivity contribution in [2.24, 2.45) is 0 Å². The summed E-state index contributed by atoms with van der Waals surface area (Å²) in [7, 11) is 0. The smallest absolute Gasteiger partial charge is 0.120 e. The summed E-state index contributed by atoms with van der Waals surface area (Å²) in [5.74, 6) is 0.337. The van der Waals surface area contributed by atoms with Crippen molar-refractivity contribution in [3.8, 4) is 5.75 Å². The highest BCUT2D eigenvalue weighted by Crippen LogP contribution is 2.29. The largest absolute Gasteiger partial charge is 0.508 e. The zero-order valence-corrected chi connectivity index (χ0v) is 14.3. The van der Waals surface area contributed by atoms with E-state index in [2.05, 4.69) is 28.2 Å². The van der Waals surface area contributed by atoms with Crippen LogP contribution in [0.2, 0.25) is 5.02 Å². The van der Waals surface area contributed by atoms with E-state index in [1.54, 1.807) is 6.07 Å². The van der Waals surface area contributed by atoms with Gasteiger partial charge in [-0.25, -0.2) is 0 Å². The van der Waals surface area contributed by atoms with E-state index >= 15 is 0 Å². The molecule has 2 aromatic rings. The first kappa shape index (κ1) is 16.3. The zero-order valence-electron chi connectivity index (χ0n) is 11.9. The number of phenols is 1. The first-order valence-corrected chi connectivity index (χ1v) is 8.23. The minimum Gasteiger partial charge on any atom is -0.508 e. The molecule has 0 aliphatic heterocycles. The average Bonchev–Trinajstić information content (AvgIpc) is 2.48. The molecule has 112 valence electrons. The molecule has 4 heteroatoms. The fraction of sp³-hybridized carbons (Fsp3) is 0.294. The lowest BCUT2D eigenvalue weighted by atomic mass is 10.0. The number of halogens is 2. The van der Waals surface area contributed by atoms with Gasteiger partial charge in [-0.3, -0.25) is 0 Å². The summed E-state index contributed by atoms with van der Waals surface area (Å²) in [6, 6.07) is 13.6. The van der Waals surface area contributed by atoms with Crippen LogP contribution in [0.5, 0.6) is 5.75 Å². The maximum absolute atomic E-state index is 10.0. The molecule has 0 spiro atoms. The van der Waals surface area contributed by atoms with E-state index in [0.717, 1.165) is 34.4 Å². The molecule has 0 saturated heterocycles. The SMILES string of the molecule is CCC(NCCc1ccc(Cl)cc1)c1cc(Br)ccc1O. The van der Waals surface area contributed by atoms with E-state index in [1.165, 1.54) is 5.56 Å². The summed E-state index contributed by atoms with van der Waals surface area (Å²) in [5.41, 5.74) is 2.18. The number of hydrogen-bond donors (Lipinski definition) is 2. The minimum atomic E-state index is 0.148. The molecule has 2 nitrogen and oxygen atoms in total. The third kappa shape index (κ3) is 4.73. The van der Waals surface area contributed by atoms with Gasteiger partial charge in [-0.2, -0.15) is 0 Å². The van der Waals surface area contributed by atoms with Gasteiger partial charge >= 0.3 is 0 Å². The van der Waals surface area contributed by atoms with E-state index in [4.69, 9.17) is 11.6 Å². The highest BCUT2D eigenvalue weighted by Gasteiger charge is 2.13. The molecular weight excluding hydrogens is 350 g/mol. The second kappa shape index (κ2) is 7.83. The van der Waals surface area contributed by atoms with E-state index in [1.807, 2.05) is 36.4 Å². The number of nitrogens with one attached hydrogen (secondary N) is 1. The Labute approximate surface area is 139 Å². The lowest BCUT2D eigenvalue weighted by Gasteiger charge is -2.19. The van der Waals surface area contributed by atoms with Crippen molar-refractivity contribution in [1.82, 2.24) is 5.32 Å². The van der Waals surface area contributed by atoms with Gasteiger partial charge in [0.2, 0.25) is 0 Å². The second-order valence-corrected chi connectivity index (χ2v) is 6.35. The highest BCUT2D eigenvalue weighted by molar-refractivity contribution is 9.10. The van der Waals surface area contributed by atoms with Crippen molar-refractivity contribution in [2.45, 2.75) is 25.8 Å². The zero-order chi connectivity index (χ0) is 15.2. The Hall–Kier alpha value is -1.03. The summed E-state index contributed by atoms with van der Waals surface area (Å²) in [4.78, 5) is 0. The van der Waals surface area contributed by atoms with Crippen molar-refractivity contribution in [1.29, 1.82) is 0 Å². The Morgan fingerprint density at radius 3 is 2.57 bits per heavy atom. The third-order valence-corrected chi connectivity index (χ3v) is 4.24. The number of aromatic hydroxyl groups is 1. The fourth-order valence-corrected chi connectivity index (χ4v) is 2.83. The summed E-state index contributed by atoms with van der Waals surface area (Å²) in [6.45, 7) is 2.96. The maximum Gasteiger partial charge on any atom is 0.120 e. The Balaban J connectivity index is 1.96. The topological polar surface area (TPSA) is 32.3 Å². The van der Waals surface area contributed by atoms with Crippen LogP contribution in [0.15, 0.2) is 46.9 Å². The lowest BCUT2D eigenvalue weighted by molar-refractivity contribution is 0.442. The minimum absolute atomic E-state index is 0.148. The molecule has 0 bridgehead atoms. The molecule has 0 fully saturated rings. The van der Waals surface area contributed by atoms with Gasteiger partial charge in [0.25, 0.3) is 0 Å². The van der Waals surface area contributed by atoms with Gasteiger partial charge in [-0.1, -0.05) is 46.6 Å². The predicted octanol–water partition coefficient (Wildman–Crippen LogP) is 5.09. The molecule has 21 heavy (non-hydrogen) atoms. The van der Waals surface area contributed by atoms with Crippen molar-refractivity contribution in [3.63, 3.8) is 0 Å². The number of hydrogen-bond acceptors (Lipinski definition) is 2. The number of benzene rings is 2. The monoisotopic (exact) mass is 367 g/mol. The molecule has 0 radical (unpaired) electrons. The second-order valence-electron chi connectivity index (χ2n) is 4.99. The van der Waals surface area contributed by atoms with Crippen LogP contribution in [0.25, 0.3) is 0 Å². The lowest BCUT2D eigenvalue weighted by Crippen LogP contribution is -2.23. The first-order valence-electron chi connectivity index (χ1n) is 7.06. The van der Waals surface area contributed by atoms with Gasteiger partial charge in [0.1, 0.15) is 5.75 Å². The van der Waals surface area contributed by atoms with Crippen molar-refractivity contribution in [3.05, 3.63) is 63.1 Å². The van der Waals surface area contributed by atoms with Crippen LogP contribution in [0.1, 0.15) is 30.5 Å². The van der Waals surface area contributed by atoms with Gasteiger partial charge in [0.15, 0.2) is 0 Å². The summed E-state index contributed by atoms with van der Waals surface area (Å²) in [5, 5.41) is 14.3. The van der Waals surface area contributed by atoms with Crippen molar-refractivity contribution in [2.75, 3.05) is 6.54 Å². The Morgan fingerprint density at radius 2 is 1.90 bits per heavy atom. The molecule has 0 aromatic heterocycles. The number of phenolic OH excluding ortho intramolecular Hbond substituents is 1. The third-order valence-electron chi connectivity index (χ3n) is 3.49. The molecule has 2 N–H and O–H groups in total. The molecule has 0 aliphatic carbocycles. The van der Waals surface area contributed by atoms with Gasteiger partial charge in [-0.15, -0.1) is 0 Å². The normalized spacial score (nSPS) is 12.3. The molecular formula is C17H19BrClNO. The summed E-state index contributed by atoms with van der Waals surface area (Å²) < 4.78 is 0.980. The number of rotatable bonds is 6. The molecule has 0 aliphatic rings. The van der Waals surface area contributed by atoms with Crippen molar-refractivity contribution < 1.29 is 5.11 Å². The van der Waals surface area contributed by atoms with Crippen LogP contribution in [0.3, 0.4) is 0 Å². The fourth-order valence-electron chi connectivity index (χ4n) is 2.32. The molecule has 0 amide bonds. The summed E-state index contributed by atoms with van der Waals surface area (Å²) >= 11 is 9.34. The van der Waals surface area contributed by atoms with Crippen LogP contribution in [-0.2, 0) is 6.42 Å². The van der Waals surface area contributed by atoms with Gasteiger partial charge in [0.05, 0.1) is 0 Å². The average molecular weight is 369 g/mol. The Kier molecular flexibility index (Phi) is 6.09. The van der Waals surface area contributed by atoms with E-state index in [0.29, 0.717) is 5.75 Å². The predicted molar refractivity (Wildman–Crippen MR) is 92.0 cm³/mol. The van der Waals surface area contributed by atoms with E-state index in [9.17, 15) is 5.11 Å². The van der Waals surface area contributed by atoms with Gasteiger partial charge in [0, 0.05) is 21.1 Å².